The Hall–Kier alpha value is -2.91. The van der Waals surface area contributed by atoms with Crippen molar-refractivity contribution < 1.29 is 13.2 Å². The maximum absolute atomic E-state index is 13.2. The van der Waals surface area contributed by atoms with Gasteiger partial charge in [-0.05, 0) is 54.7 Å². The number of piperazine rings is 1. The van der Waals surface area contributed by atoms with E-state index in [9.17, 15) is 13.2 Å². The zero-order valence-electron chi connectivity index (χ0n) is 17.4. The van der Waals surface area contributed by atoms with Crippen LogP contribution in [-0.4, -0.2) is 64.1 Å². The third-order valence-corrected chi connectivity index (χ3v) is 8.12. The number of benzene rings is 1. The van der Waals surface area contributed by atoms with Gasteiger partial charge in [-0.15, -0.1) is 0 Å². The van der Waals surface area contributed by atoms with Gasteiger partial charge in [0.25, 0.3) is 5.91 Å². The fourth-order valence-corrected chi connectivity index (χ4v) is 6.00. The first-order valence-corrected chi connectivity index (χ1v) is 12.0. The van der Waals surface area contributed by atoms with E-state index in [4.69, 9.17) is 0 Å². The summed E-state index contributed by atoms with van der Waals surface area (Å²) >= 11 is 0. The quantitative estimate of drug-likeness (QED) is 0.621. The molecule has 3 aromatic rings. The van der Waals surface area contributed by atoms with Crippen LogP contribution in [0.1, 0.15) is 27.9 Å². The van der Waals surface area contributed by atoms with E-state index in [0.29, 0.717) is 29.4 Å². The monoisotopic (exact) mass is 439 g/mol. The minimum Gasteiger partial charge on any atom is -0.336 e. The molecule has 5 rings (SSSR count). The predicted octanol–water partition coefficient (Wildman–Crippen LogP) is 1.85. The number of carbonyl (C=O) groups excluding carboxylic acids is 1. The molecule has 0 saturated carbocycles. The highest BCUT2D eigenvalue weighted by Gasteiger charge is 2.32. The summed E-state index contributed by atoms with van der Waals surface area (Å²) in [4.78, 5) is 15.2. The maximum Gasteiger partial charge on any atom is 0.259 e. The van der Waals surface area contributed by atoms with E-state index in [2.05, 4.69) is 5.10 Å². The Kier molecular flexibility index (Phi) is 4.94. The molecule has 0 atom stereocenters. The molecule has 1 amide bonds. The third-order valence-electron chi connectivity index (χ3n) is 6.22. The van der Waals surface area contributed by atoms with E-state index in [0.717, 1.165) is 24.8 Å². The Balaban J connectivity index is 1.31. The van der Waals surface area contributed by atoms with Gasteiger partial charge in [0.2, 0.25) is 10.0 Å². The topological polar surface area (TPSA) is 80.4 Å². The molecular weight excluding hydrogens is 414 g/mol. The SMILES string of the molecule is Cn1ncc(C(=O)N2CCN(S(=O)(=O)c3ccc4c(c3)CCC4)CC2)c1-n1cccc1. The molecule has 1 saturated heterocycles. The summed E-state index contributed by atoms with van der Waals surface area (Å²) in [5.74, 6) is 0.564. The summed E-state index contributed by atoms with van der Waals surface area (Å²) in [5.41, 5.74) is 2.90. The first-order chi connectivity index (χ1) is 14.9. The van der Waals surface area contributed by atoms with E-state index in [1.165, 1.54) is 9.87 Å². The molecule has 0 unspecified atom stereocenters. The van der Waals surface area contributed by atoms with Crippen molar-refractivity contribution >= 4 is 15.9 Å². The number of fused-ring (bicyclic) bond motifs is 1. The van der Waals surface area contributed by atoms with Gasteiger partial charge in [0.1, 0.15) is 11.4 Å². The fourth-order valence-electron chi connectivity index (χ4n) is 4.52. The molecule has 1 aromatic carbocycles. The molecule has 2 aromatic heterocycles. The van der Waals surface area contributed by atoms with Gasteiger partial charge in [-0.3, -0.25) is 9.48 Å². The van der Waals surface area contributed by atoms with Crippen molar-refractivity contribution in [2.45, 2.75) is 24.2 Å². The number of aromatic nitrogens is 3. The number of hydrogen-bond acceptors (Lipinski definition) is 4. The molecule has 2 aliphatic rings. The van der Waals surface area contributed by atoms with Gasteiger partial charge in [0.15, 0.2) is 0 Å². The smallest absolute Gasteiger partial charge is 0.259 e. The minimum absolute atomic E-state index is 0.133. The van der Waals surface area contributed by atoms with Crippen molar-refractivity contribution in [1.82, 2.24) is 23.6 Å². The Morgan fingerprint density at radius 2 is 1.71 bits per heavy atom. The normalized spacial score (nSPS) is 17.1. The number of aryl methyl sites for hydroxylation is 3. The lowest BCUT2D eigenvalue weighted by Gasteiger charge is -2.34. The maximum atomic E-state index is 13.2. The van der Waals surface area contributed by atoms with Crippen LogP contribution in [0, 0.1) is 0 Å². The van der Waals surface area contributed by atoms with Crippen LogP contribution in [0.3, 0.4) is 0 Å². The molecule has 1 aliphatic heterocycles. The van der Waals surface area contributed by atoms with Gasteiger partial charge in [0, 0.05) is 45.6 Å². The highest BCUT2D eigenvalue weighted by Crippen LogP contribution is 2.27. The van der Waals surface area contributed by atoms with Crippen molar-refractivity contribution in [1.29, 1.82) is 0 Å². The number of amides is 1. The summed E-state index contributed by atoms with van der Waals surface area (Å²) < 4.78 is 31.3. The lowest BCUT2D eigenvalue weighted by molar-refractivity contribution is 0.0698. The van der Waals surface area contributed by atoms with Crippen molar-refractivity contribution in [3.8, 4) is 5.82 Å². The van der Waals surface area contributed by atoms with Crippen LogP contribution in [0.4, 0.5) is 0 Å². The van der Waals surface area contributed by atoms with Gasteiger partial charge in [-0.1, -0.05) is 6.07 Å². The highest BCUT2D eigenvalue weighted by molar-refractivity contribution is 7.89. The molecule has 162 valence electrons. The summed E-state index contributed by atoms with van der Waals surface area (Å²) in [6.07, 6.45) is 8.36. The van der Waals surface area contributed by atoms with E-state index in [-0.39, 0.29) is 19.0 Å². The van der Waals surface area contributed by atoms with Crippen LogP contribution in [-0.2, 0) is 29.9 Å². The lowest BCUT2D eigenvalue weighted by Crippen LogP contribution is -2.50. The fraction of sp³-hybridized carbons (Fsp3) is 0.364. The average Bonchev–Trinajstić information content (AvgIpc) is 3.53. The molecule has 0 radical (unpaired) electrons. The second-order valence-electron chi connectivity index (χ2n) is 8.08. The predicted molar refractivity (Wildman–Crippen MR) is 116 cm³/mol. The van der Waals surface area contributed by atoms with Crippen LogP contribution in [0.2, 0.25) is 0 Å². The number of sulfonamides is 1. The van der Waals surface area contributed by atoms with Crippen LogP contribution in [0.25, 0.3) is 5.82 Å². The van der Waals surface area contributed by atoms with E-state index in [1.807, 2.05) is 41.2 Å². The Labute approximate surface area is 181 Å². The van der Waals surface area contributed by atoms with Crippen molar-refractivity contribution in [2.24, 2.45) is 7.05 Å². The Morgan fingerprint density at radius 1 is 1.00 bits per heavy atom. The zero-order chi connectivity index (χ0) is 21.6. The van der Waals surface area contributed by atoms with Gasteiger partial charge >= 0.3 is 0 Å². The van der Waals surface area contributed by atoms with E-state index in [1.54, 1.807) is 28.9 Å². The van der Waals surface area contributed by atoms with Gasteiger partial charge in [-0.25, -0.2) is 8.42 Å². The van der Waals surface area contributed by atoms with Crippen LogP contribution in [0.5, 0.6) is 0 Å². The number of nitrogens with zero attached hydrogens (tertiary/aromatic N) is 5. The Morgan fingerprint density at radius 3 is 2.45 bits per heavy atom. The number of carbonyl (C=O) groups is 1. The lowest BCUT2D eigenvalue weighted by atomic mass is 10.1. The largest absolute Gasteiger partial charge is 0.336 e. The van der Waals surface area contributed by atoms with Crippen molar-refractivity contribution in [3.63, 3.8) is 0 Å². The van der Waals surface area contributed by atoms with Crippen molar-refractivity contribution in [3.05, 3.63) is 65.6 Å². The molecule has 1 aliphatic carbocycles. The number of hydrogen-bond donors (Lipinski definition) is 0. The first-order valence-electron chi connectivity index (χ1n) is 10.5. The second kappa shape index (κ2) is 7.65. The minimum atomic E-state index is -3.56. The van der Waals surface area contributed by atoms with Crippen LogP contribution >= 0.6 is 0 Å². The molecule has 9 heteroatoms. The zero-order valence-corrected chi connectivity index (χ0v) is 18.3. The van der Waals surface area contributed by atoms with Gasteiger partial charge in [0.05, 0.1) is 11.1 Å². The molecule has 0 spiro atoms. The molecule has 0 N–H and O–H groups in total. The first kappa shape index (κ1) is 20.0. The molecule has 8 nitrogen and oxygen atoms in total. The van der Waals surface area contributed by atoms with Gasteiger partial charge < -0.3 is 9.47 Å². The summed E-state index contributed by atoms with van der Waals surface area (Å²) in [6, 6.07) is 9.28. The molecule has 3 heterocycles. The van der Waals surface area contributed by atoms with E-state index >= 15 is 0 Å². The molecule has 31 heavy (non-hydrogen) atoms. The molecular formula is C22H25N5O3S. The third kappa shape index (κ3) is 3.47. The summed E-state index contributed by atoms with van der Waals surface area (Å²) in [5, 5.41) is 4.25. The second-order valence-corrected chi connectivity index (χ2v) is 10.0. The van der Waals surface area contributed by atoms with Crippen molar-refractivity contribution in [2.75, 3.05) is 26.2 Å². The summed E-state index contributed by atoms with van der Waals surface area (Å²) in [6.45, 7) is 1.26. The van der Waals surface area contributed by atoms with Gasteiger partial charge in [-0.2, -0.15) is 9.40 Å². The van der Waals surface area contributed by atoms with Crippen LogP contribution < -0.4 is 0 Å². The molecule has 1 fully saturated rings. The van der Waals surface area contributed by atoms with Crippen LogP contribution in [0.15, 0.2) is 53.8 Å². The average molecular weight is 440 g/mol. The highest BCUT2D eigenvalue weighted by atomic mass is 32.2. The standard InChI is InChI=1S/C22H25N5O3S/c1-24-21(25-9-2-3-10-25)20(16-23-24)22(28)26-11-13-27(14-12-26)31(29,30)19-8-7-17-5-4-6-18(17)15-19/h2-3,7-10,15-16H,4-6,11-14H2,1H3. The Bertz CT molecular complexity index is 1220. The van der Waals surface area contributed by atoms with E-state index < -0.39 is 10.0 Å². The summed E-state index contributed by atoms with van der Waals surface area (Å²) in [7, 11) is -1.76. The molecule has 0 bridgehead atoms. The number of rotatable bonds is 4.